The molecule has 1 unspecified atom stereocenters. The number of aliphatic hydroxyl groups excluding tert-OH is 1. The van der Waals surface area contributed by atoms with E-state index in [1.165, 1.54) is 0 Å². The number of nitrogens with zero attached hydrogens (tertiary/aromatic N) is 3. The van der Waals surface area contributed by atoms with Gasteiger partial charge in [-0.2, -0.15) is 5.10 Å². The molecule has 2 aromatic heterocycles. The van der Waals surface area contributed by atoms with E-state index < -0.39 is 6.61 Å². The normalized spacial score (nSPS) is 16.9. The zero-order valence-electron chi connectivity index (χ0n) is 15.4. The molecule has 1 aliphatic rings. The topological polar surface area (TPSA) is 103 Å². The Hall–Kier alpha value is -2.39. The van der Waals surface area contributed by atoms with Crippen molar-refractivity contribution in [1.29, 1.82) is 0 Å². The van der Waals surface area contributed by atoms with Gasteiger partial charge in [0, 0.05) is 36.8 Å². The highest BCUT2D eigenvalue weighted by Gasteiger charge is 2.24. The summed E-state index contributed by atoms with van der Waals surface area (Å²) in [6.45, 7) is 1.24. The van der Waals surface area contributed by atoms with Gasteiger partial charge in [0.05, 0.1) is 34.5 Å². The van der Waals surface area contributed by atoms with E-state index in [-0.39, 0.29) is 12.0 Å². The van der Waals surface area contributed by atoms with Gasteiger partial charge in [-0.1, -0.05) is 29.3 Å². The van der Waals surface area contributed by atoms with Gasteiger partial charge in [0.15, 0.2) is 0 Å². The van der Waals surface area contributed by atoms with E-state index in [1.807, 2.05) is 12.1 Å². The van der Waals surface area contributed by atoms with E-state index >= 15 is 0 Å². The van der Waals surface area contributed by atoms with Crippen LogP contribution in [0.1, 0.15) is 0 Å². The summed E-state index contributed by atoms with van der Waals surface area (Å²) in [6, 6.07) is 5.54. The molecule has 3 N–H and O–H groups in total. The average Bonchev–Trinajstić information content (AvgIpc) is 3.29. The van der Waals surface area contributed by atoms with Gasteiger partial charge in [0.2, 0.25) is 5.91 Å². The number of aromatic nitrogens is 3. The number of pyridine rings is 1. The van der Waals surface area contributed by atoms with Crippen molar-refractivity contribution in [3.8, 4) is 11.1 Å². The number of hydrogen-bond acceptors (Lipinski definition) is 6. The number of benzene rings is 1. The number of anilines is 1. The largest absolute Gasteiger partial charge is 0.387 e. The molecule has 3 aromatic rings. The Balaban J connectivity index is 1.61. The second kappa shape index (κ2) is 8.54. The number of fused-ring (bicyclic) bond motifs is 1. The molecule has 1 aliphatic heterocycles. The molecule has 4 rings (SSSR count). The summed E-state index contributed by atoms with van der Waals surface area (Å²) >= 11 is 12.6. The fraction of sp³-hybridized carbons (Fsp3) is 0.316. The predicted molar refractivity (Wildman–Crippen MR) is 111 cm³/mol. The van der Waals surface area contributed by atoms with Crippen LogP contribution in [0.5, 0.6) is 0 Å². The summed E-state index contributed by atoms with van der Waals surface area (Å²) in [5.41, 5.74) is 2.39. The number of rotatable bonds is 5. The molecule has 29 heavy (non-hydrogen) atoms. The maximum Gasteiger partial charge on any atom is 0.248 e. The van der Waals surface area contributed by atoms with Crippen LogP contribution in [-0.4, -0.2) is 70.0 Å². The quantitative estimate of drug-likeness (QED) is 0.568. The van der Waals surface area contributed by atoms with Crippen LogP contribution in [0.2, 0.25) is 10.0 Å². The predicted octanol–water partition coefficient (Wildman–Crippen LogP) is 2.56. The van der Waals surface area contributed by atoms with Crippen molar-refractivity contribution in [2.45, 2.75) is 6.10 Å². The molecule has 0 radical (unpaired) electrons. The number of carbonyl (C=O) groups is 1. The van der Waals surface area contributed by atoms with Crippen LogP contribution in [0.25, 0.3) is 22.0 Å². The van der Waals surface area contributed by atoms with Gasteiger partial charge in [-0.25, -0.2) is 4.98 Å². The van der Waals surface area contributed by atoms with Crippen LogP contribution in [-0.2, 0) is 9.53 Å². The van der Waals surface area contributed by atoms with Crippen molar-refractivity contribution >= 4 is 45.8 Å². The number of hydrogen-bond donors (Lipinski definition) is 3. The first-order valence-corrected chi connectivity index (χ1v) is 9.84. The molecular formula is C19H19Cl2N5O3. The van der Waals surface area contributed by atoms with Gasteiger partial charge in [-0.15, -0.1) is 0 Å². The van der Waals surface area contributed by atoms with E-state index in [0.29, 0.717) is 47.6 Å². The third-order valence-corrected chi connectivity index (χ3v) is 5.61. The molecular weight excluding hydrogens is 417 g/mol. The van der Waals surface area contributed by atoms with Gasteiger partial charge in [0.25, 0.3) is 0 Å². The molecule has 0 aliphatic carbocycles. The molecule has 0 spiro atoms. The minimum Gasteiger partial charge on any atom is -0.387 e. The Labute approximate surface area is 176 Å². The van der Waals surface area contributed by atoms with E-state index in [9.17, 15) is 4.79 Å². The first-order valence-electron chi connectivity index (χ1n) is 9.09. The number of H-pyrrole nitrogens is 1. The summed E-state index contributed by atoms with van der Waals surface area (Å²) in [7, 11) is 0. The van der Waals surface area contributed by atoms with Crippen molar-refractivity contribution < 1.29 is 14.6 Å². The molecule has 152 valence electrons. The Bertz CT molecular complexity index is 1030. The number of ether oxygens (including phenoxy) is 1. The van der Waals surface area contributed by atoms with E-state index in [0.717, 1.165) is 16.5 Å². The lowest BCUT2D eigenvalue weighted by molar-refractivity contribution is -0.141. The molecule has 1 aromatic carbocycles. The molecule has 0 bridgehead atoms. The first-order chi connectivity index (χ1) is 14.1. The van der Waals surface area contributed by atoms with Crippen LogP contribution >= 0.6 is 23.2 Å². The van der Waals surface area contributed by atoms with E-state index in [2.05, 4.69) is 20.5 Å². The molecule has 1 amide bonds. The maximum absolute atomic E-state index is 11.7. The van der Waals surface area contributed by atoms with Gasteiger partial charge in [-0.3, -0.25) is 9.89 Å². The minimum atomic E-state index is -0.500. The number of morpholine rings is 1. The van der Waals surface area contributed by atoms with Crippen molar-refractivity contribution in [3.63, 3.8) is 0 Å². The van der Waals surface area contributed by atoms with Gasteiger partial charge in [-0.05, 0) is 17.7 Å². The Morgan fingerprint density at radius 3 is 3.03 bits per heavy atom. The van der Waals surface area contributed by atoms with Crippen molar-refractivity contribution in [3.05, 3.63) is 40.6 Å². The molecule has 1 atom stereocenters. The van der Waals surface area contributed by atoms with Crippen LogP contribution in [0, 0.1) is 0 Å². The van der Waals surface area contributed by atoms with E-state index in [1.54, 1.807) is 23.4 Å². The molecule has 0 saturated carbocycles. The summed E-state index contributed by atoms with van der Waals surface area (Å²) in [5.74, 6) is 0.304. The van der Waals surface area contributed by atoms with Gasteiger partial charge < -0.3 is 20.1 Å². The summed E-state index contributed by atoms with van der Waals surface area (Å²) in [4.78, 5) is 18.0. The third kappa shape index (κ3) is 4.16. The van der Waals surface area contributed by atoms with Crippen LogP contribution in [0.15, 0.2) is 30.6 Å². The lowest BCUT2D eigenvalue weighted by Gasteiger charge is -2.32. The molecule has 1 fully saturated rings. The van der Waals surface area contributed by atoms with Crippen LogP contribution < -0.4 is 5.32 Å². The summed E-state index contributed by atoms with van der Waals surface area (Å²) in [6.07, 6.45) is 3.30. The van der Waals surface area contributed by atoms with Crippen molar-refractivity contribution in [2.75, 3.05) is 38.2 Å². The summed E-state index contributed by atoms with van der Waals surface area (Å²) < 4.78 is 5.73. The molecule has 10 heteroatoms. The Morgan fingerprint density at radius 2 is 2.28 bits per heavy atom. The van der Waals surface area contributed by atoms with Crippen molar-refractivity contribution in [2.24, 2.45) is 0 Å². The standard InChI is InChI=1S/C19H19Cl2N5O3/c20-15-2-1-13-14(11-6-23-24-7-11)5-16(25-19(13)18(15)21)22-8-12-9-26(3-4-29-12)17(28)10-27/h1-2,5-7,12,27H,3-4,8-10H2,(H,22,25)(H,23,24). The lowest BCUT2D eigenvalue weighted by Crippen LogP contribution is -2.48. The average molecular weight is 436 g/mol. The SMILES string of the molecule is O=C(CO)N1CCOC(CNc2cc(-c3cn[nH]c3)c3ccc(Cl)c(Cl)c3n2)C1. The zero-order chi connectivity index (χ0) is 20.4. The van der Waals surface area contributed by atoms with Gasteiger partial charge in [0.1, 0.15) is 12.4 Å². The van der Waals surface area contributed by atoms with Crippen molar-refractivity contribution in [1.82, 2.24) is 20.1 Å². The first kappa shape index (κ1) is 19.9. The van der Waals surface area contributed by atoms with Crippen LogP contribution in [0.4, 0.5) is 5.82 Å². The number of halogens is 2. The van der Waals surface area contributed by atoms with E-state index in [4.69, 9.17) is 33.0 Å². The highest BCUT2D eigenvalue weighted by atomic mass is 35.5. The number of carbonyl (C=O) groups excluding carboxylic acids is 1. The number of aliphatic hydroxyl groups is 1. The number of nitrogens with one attached hydrogen (secondary N) is 2. The fourth-order valence-corrected chi connectivity index (χ4v) is 3.71. The molecule has 3 heterocycles. The second-order valence-electron chi connectivity index (χ2n) is 6.67. The molecule has 1 saturated heterocycles. The molecule has 8 nitrogen and oxygen atoms in total. The zero-order valence-corrected chi connectivity index (χ0v) is 16.9. The monoisotopic (exact) mass is 435 g/mol. The highest BCUT2D eigenvalue weighted by molar-refractivity contribution is 6.45. The number of aromatic amines is 1. The van der Waals surface area contributed by atoms with Crippen LogP contribution in [0.3, 0.4) is 0 Å². The number of amides is 1. The minimum absolute atomic E-state index is 0.219. The summed E-state index contributed by atoms with van der Waals surface area (Å²) in [5, 5.41) is 20.8. The second-order valence-corrected chi connectivity index (χ2v) is 7.46. The Morgan fingerprint density at radius 1 is 1.41 bits per heavy atom. The third-order valence-electron chi connectivity index (χ3n) is 4.82. The maximum atomic E-state index is 11.7. The van der Waals surface area contributed by atoms with Gasteiger partial charge >= 0.3 is 0 Å². The Kier molecular flexibility index (Phi) is 5.86. The smallest absolute Gasteiger partial charge is 0.248 e. The fourth-order valence-electron chi connectivity index (χ4n) is 3.35. The lowest BCUT2D eigenvalue weighted by atomic mass is 10.0. The highest BCUT2D eigenvalue weighted by Crippen LogP contribution is 2.36.